The molecule has 1 N–H and O–H groups in total. The number of rotatable bonds is 5. The number of likely N-dealkylation sites (tertiary alicyclic amines) is 1. The fraction of sp³-hybridized carbons (Fsp3) is 0.611. The molecule has 1 unspecified atom stereocenters. The normalized spacial score (nSPS) is 27.0. The van der Waals surface area contributed by atoms with E-state index in [-0.39, 0.29) is 5.92 Å². The highest BCUT2D eigenvalue weighted by molar-refractivity contribution is 5.70. The molecule has 2 fully saturated rings. The maximum atomic E-state index is 11.1. The van der Waals surface area contributed by atoms with Crippen molar-refractivity contribution >= 4 is 5.97 Å². The number of carbonyl (C=O) groups is 1. The number of carboxylic acids is 1. The van der Waals surface area contributed by atoms with Crippen LogP contribution in [0.4, 0.5) is 0 Å². The largest absolute Gasteiger partial charge is 0.493 e. The molecular weight excluding hydrogens is 294 g/mol. The molecule has 1 saturated carbocycles. The van der Waals surface area contributed by atoms with Crippen LogP contribution in [-0.4, -0.2) is 43.3 Å². The molecule has 0 aromatic heterocycles. The molecule has 5 heteroatoms. The van der Waals surface area contributed by atoms with E-state index >= 15 is 0 Å². The van der Waals surface area contributed by atoms with Gasteiger partial charge in [0.05, 0.1) is 20.1 Å². The molecule has 1 aromatic rings. The van der Waals surface area contributed by atoms with Gasteiger partial charge >= 0.3 is 5.97 Å². The van der Waals surface area contributed by atoms with Gasteiger partial charge in [-0.25, -0.2) is 0 Å². The summed E-state index contributed by atoms with van der Waals surface area (Å²) in [6.45, 7) is 4.98. The first kappa shape index (κ1) is 16.1. The van der Waals surface area contributed by atoms with E-state index in [1.165, 1.54) is 11.1 Å². The minimum absolute atomic E-state index is 0.130. The zero-order valence-electron chi connectivity index (χ0n) is 14.0. The molecule has 5 nitrogen and oxygen atoms in total. The van der Waals surface area contributed by atoms with Crippen LogP contribution in [0.5, 0.6) is 11.5 Å². The fourth-order valence-electron chi connectivity index (χ4n) is 4.16. The van der Waals surface area contributed by atoms with Gasteiger partial charge in [0.25, 0.3) is 0 Å². The maximum Gasteiger partial charge on any atom is 0.306 e. The molecule has 23 heavy (non-hydrogen) atoms. The predicted octanol–water partition coefficient (Wildman–Crippen LogP) is 2.55. The van der Waals surface area contributed by atoms with Gasteiger partial charge in [-0.3, -0.25) is 9.69 Å². The van der Waals surface area contributed by atoms with Crippen molar-refractivity contribution in [1.29, 1.82) is 0 Å². The summed E-state index contributed by atoms with van der Waals surface area (Å²) >= 11 is 0. The molecule has 1 aromatic carbocycles. The number of nitrogens with zero attached hydrogens (tertiary/aromatic N) is 1. The van der Waals surface area contributed by atoms with E-state index in [2.05, 4.69) is 17.9 Å². The Hall–Kier alpha value is -1.75. The second-order valence-corrected chi connectivity index (χ2v) is 6.85. The third-order valence-electron chi connectivity index (χ3n) is 5.41. The van der Waals surface area contributed by atoms with Crippen LogP contribution >= 0.6 is 0 Å². The van der Waals surface area contributed by atoms with Gasteiger partial charge in [-0.1, -0.05) is 0 Å². The number of hydrogen-bond acceptors (Lipinski definition) is 4. The van der Waals surface area contributed by atoms with Gasteiger partial charge in [0.1, 0.15) is 0 Å². The minimum atomic E-state index is -0.623. The summed E-state index contributed by atoms with van der Waals surface area (Å²) in [5, 5.41) is 9.17. The van der Waals surface area contributed by atoms with Crippen LogP contribution in [0, 0.1) is 24.7 Å². The molecule has 1 heterocycles. The van der Waals surface area contributed by atoms with Gasteiger partial charge in [-0.05, 0) is 54.9 Å². The molecule has 0 bridgehead atoms. The molecule has 126 valence electrons. The van der Waals surface area contributed by atoms with Crippen molar-refractivity contribution in [2.75, 3.05) is 27.3 Å². The van der Waals surface area contributed by atoms with E-state index in [1.807, 2.05) is 6.07 Å². The number of benzene rings is 1. The first-order chi connectivity index (χ1) is 11.0. The lowest BCUT2D eigenvalue weighted by Gasteiger charge is -2.20. The molecule has 2 aliphatic rings. The Morgan fingerprint density at radius 1 is 1.17 bits per heavy atom. The van der Waals surface area contributed by atoms with Gasteiger partial charge in [0, 0.05) is 19.6 Å². The SMILES string of the molecule is COc1cc(C)c(CN2C[C@H]3CC(C(=O)O)C[C@H]3C2)cc1OC. The Kier molecular flexibility index (Phi) is 4.48. The number of aliphatic carboxylic acids is 1. The Bertz CT molecular complexity index is 587. The molecule has 3 rings (SSSR count). The van der Waals surface area contributed by atoms with Crippen molar-refractivity contribution in [2.45, 2.75) is 26.3 Å². The number of methoxy groups -OCH3 is 2. The highest BCUT2D eigenvalue weighted by Gasteiger charge is 2.43. The molecule has 0 spiro atoms. The van der Waals surface area contributed by atoms with Gasteiger partial charge in [0.2, 0.25) is 0 Å². The highest BCUT2D eigenvalue weighted by atomic mass is 16.5. The standard InChI is InChI=1S/C18H25NO4/c1-11-4-16(22-2)17(23-3)7-13(11)8-19-9-14-5-12(18(20)21)6-15(14)10-19/h4,7,12,14-15H,5-6,8-10H2,1-3H3,(H,20,21)/t12?,14-,15+. The van der Waals surface area contributed by atoms with Gasteiger partial charge < -0.3 is 14.6 Å². The van der Waals surface area contributed by atoms with Gasteiger partial charge in [0.15, 0.2) is 11.5 Å². The molecule has 3 atom stereocenters. The van der Waals surface area contributed by atoms with Crippen LogP contribution in [0.25, 0.3) is 0 Å². The lowest BCUT2D eigenvalue weighted by Crippen LogP contribution is -2.23. The zero-order valence-corrected chi connectivity index (χ0v) is 14.0. The number of ether oxygens (including phenoxy) is 2. The Labute approximate surface area is 137 Å². The smallest absolute Gasteiger partial charge is 0.306 e. The summed E-state index contributed by atoms with van der Waals surface area (Å²) in [7, 11) is 3.31. The summed E-state index contributed by atoms with van der Waals surface area (Å²) in [4.78, 5) is 13.6. The second-order valence-electron chi connectivity index (χ2n) is 6.85. The van der Waals surface area contributed by atoms with Crippen molar-refractivity contribution in [1.82, 2.24) is 4.90 Å². The van der Waals surface area contributed by atoms with Crippen LogP contribution in [0.15, 0.2) is 12.1 Å². The van der Waals surface area contributed by atoms with E-state index in [1.54, 1.807) is 14.2 Å². The third-order valence-corrected chi connectivity index (χ3v) is 5.41. The maximum absolute atomic E-state index is 11.1. The second kappa shape index (κ2) is 6.40. The summed E-state index contributed by atoms with van der Waals surface area (Å²) < 4.78 is 10.7. The van der Waals surface area contributed by atoms with E-state index in [4.69, 9.17) is 9.47 Å². The highest BCUT2D eigenvalue weighted by Crippen LogP contribution is 2.42. The van der Waals surface area contributed by atoms with E-state index < -0.39 is 5.97 Å². The molecule has 0 amide bonds. The lowest BCUT2D eigenvalue weighted by molar-refractivity contribution is -0.141. The molecule has 1 aliphatic heterocycles. The zero-order chi connectivity index (χ0) is 16.6. The van der Waals surface area contributed by atoms with E-state index in [0.29, 0.717) is 11.8 Å². The number of hydrogen-bond donors (Lipinski definition) is 1. The molecule has 1 saturated heterocycles. The van der Waals surface area contributed by atoms with Crippen LogP contribution in [-0.2, 0) is 11.3 Å². The lowest BCUT2D eigenvalue weighted by atomic mass is 10.0. The first-order valence-corrected chi connectivity index (χ1v) is 8.18. The van der Waals surface area contributed by atoms with Crippen molar-refractivity contribution in [2.24, 2.45) is 17.8 Å². The van der Waals surface area contributed by atoms with Crippen LogP contribution < -0.4 is 9.47 Å². The molecule has 0 radical (unpaired) electrons. The van der Waals surface area contributed by atoms with Crippen LogP contribution in [0.1, 0.15) is 24.0 Å². The Morgan fingerprint density at radius 3 is 2.26 bits per heavy atom. The van der Waals surface area contributed by atoms with E-state index in [9.17, 15) is 9.90 Å². The fourth-order valence-corrected chi connectivity index (χ4v) is 4.16. The van der Waals surface area contributed by atoms with Crippen molar-refractivity contribution < 1.29 is 19.4 Å². The average Bonchev–Trinajstić information content (AvgIpc) is 3.07. The average molecular weight is 319 g/mol. The van der Waals surface area contributed by atoms with E-state index in [0.717, 1.165) is 44.0 Å². The quantitative estimate of drug-likeness (QED) is 0.904. The summed E-state index contributed by atoms with van der Waals surface area (Å²) in [6, 6.07) is 4.08. The summed E-state index contributed by atoms with van der Waals surface area (Å²) in [6.07, 6.45) is 1.67. The van der Waals surface area contributed by atoms with Gasteiger partial charge in [-0.15, -0.1) is 0 Å². The monoisotopic (exact) mass is 319 g/mol. The molecular formula is C18H25NO4. The van der Waals surface area contributed by atoms with Crippen LogP contribution in [0.2, 0.25) is 0 Å². The van der Waals surface area contributed by atoms with Crippen molar-refractivity contribution in [3.8, 4) is 11.5 Å². The Morgan fingerprint density at radius 2 is 1.74 bits per heavy atom. The third kappa shape index (κ3) is 3.15. The topological polar surface area (TPSA) is 59.0 Å². The van der Waals surface area contributed by atoms with Crippen LogP contribution in [0.3, 0.4) is 0 Å². The van der Waals surface area contributed by atoms with Crippen molar-refractivity contribution in [3.63, 3.8) is 0 Å². The Balaban J connectivity index is 1.67. The summed E-state index contributed by atoms with van der Waals surface area (Å²) in [5.74, 6) is 1.85. The van der Waals surface area contributed by atoms with Gasteiger partial charge in [-0.2, -0.15) is 0 Å². The number of fused-ring (bicyclic) bond motifs is 1. The first-order valence-electron chi connectivity index (χ1n) is 8.18. The minimum Gasteiger partial charge on any atom is -0.493 e. The number of aryl methyl sites for hydroxylation is 1. The summed E-state index contributed by atoms with van der Waals surface area (Å²) in [5.41, 5.74) is 2.44. The molecule has 1 aliphatic carbocycles. The predicted molar refractivity (Wildman–Crippen MR) is 86.9 cm³/mol. The number of carboxylic acid groups (broad SMARTS) is 1. The van der Waals surface area contributed by atoms with Crippen molar-refractivity contribution in [3.05, 3.63) is 23.3 Å².